The highest BCUT2D eigenvalue weighted by Crippen LogP contribution is 2.17. The van der Waals surface area contributed by atoms with Crippen molar-refractivity contribution in [3.05, 3.63) is 83.4 Å². The third-order valence-corrected chi connectivity index (χ3v) is 4.79. The van der Waals surface area contributed by atoms with Crippen LogP contribution in [0.25, 0.3) is 6.08 Å². The van der Waals surface area contributed by atoms with Crippen LogP contribution >= 0.6 is 0 Å². The van der Waals surface area contributed by atoms with E-state index in [4.69, 9.17) is 9.47 Å². The van der Waals surface area contributed by atoms with Crippen LogP contribution in [0.15, 0.2) is 66.8 Å². The minimum absolute atomic E-state index is 0.0857. The third kappa shape index (κ3) is 9.15. The van der Waals surface area contributed by atoms with Gasteiger partial charge in [-0.25, -0.2) is 9.59 Å². The maximum atomic E-state index is 12.7. The topological polar surface area (TPSA) is 78.9 Å². The minimum Gasteiger partial charge on any atom is -0.494 e. The first-order valence-electron chi connectivity index (χ1n) is 10.9. The molecule has 0 unspecified atom stereocenters. The van der Waals surface area contributed by atoms with Gasteiger partial charge in [0.15, 0.2) is 5.78 Å². The number of benzene rings is 2. The Morgan fingerprint density at radius 1 is 0.848 bits per heavy atom. The predicted octanol–water partition coefficient (Wildman–Crippen LogP) is 5.16. The lowest BCUT2D eigenvalue weighted by atomic mass is 10.0. The second kappa shape index (κ2) is 13.7. The molecule has 0 aliphatic heterocycles. The number of unbranched alkanes of at least 4 members (excludes halogenated alkanes) is 3. The van der Waals surface area contributed by atoms with Crippen LogP contribution in [0.4, 0.5) is 0 Å². The summed E-state index contributed by atoms with van der Waals surface area (Å²) in [5.74, 6) is -0.147. The van der Waals surface area contributed by atoms with E-state index in [0.29, 0.717) is 35.7 Å². The quantitative estimate of drug-likeness (QED) is 0.181. The monoisotopic (exact) mass is 450 g/mol. The number of carbonyl (C=O) groups excluding carboxylic acids is 3. The molecule has 0 amide bonds. The molecule has 0 saturated carbocycles. The molecule has 2 aromatic carbocycles. The zero-order valence-corrected chi connectivity index (χ0v) is 19.2. The molecule has 0 aromatic heterocycles. The van der Waals surface area contributed by atoms with Gasteiger partial charge in [-0.1, -0.05) is 30.8 Å². The van der Waals surface area contributed by atoms with Gasteiger partial charge in [0.05, 0.1) is 20.3 Å². The second-order valence-corrected chi connectivity index (χ2v) is 7.51. The molecule has 6 heteroatoms. The molecule has 174 valence electrons. The van der Waals surface area contributed by atoms with Crippen molar-refractivity contribution in [1.29, 1.82) is 0 Å². The van der Waals surface area contributed by atoms with Gasteiger partial charge in [0.25, 0.3) is 0 Å². The number of hydrogen-bond donors (Lipinski definition) is 0. The normalized spacial score (nSPS) is 10.6. The van der Waals surface area contributed by atoms with Crippen molar-refractivity contribution in [2.24, 2.45) is 0 Å². The number of esters is 2. The minimum atomic E-state index is -0.431. The van der Waals surface area contributed by atoms with E-state index >= 15 is 0 Å². The standard InChI is InChI=1S/C27H30O6/c1-20(2)27(30)33-19-7-5-4-6-18-32-24-15-13-23(14-16-24)26(29)22-11-8-21(9-12-22)10-17-25(28)31-3/h8-17H,1,4-7,18-19H2,2-3H3/b17-10+. The van der Waals surface area contributed by atoms with Crippen LogP contribution in [0.1, 0.15) is 54.1 Å². The van der Waals surface area contributed by atoms with E-state index in [0.717, 1.165) is 31.2 Å². The van der Waals surface area contributed by atoms with Crippen molar-refractivity contribution >= 4 is 23.8 Å². The van der Waals surface area contributed by atoms with Gasteiger partial charge in [-0.15, -0.1) is 0 Å². The summed E-state index contributed by atoms with van der Waals surface area (Å²) in [4.78, 5) is 35.1. The van der Waals surface area contributed by atoms with Crippen molar-refractivity contribution in [2.45, 2.75) is 32.6 Å². The molecule has 0 fully saturated rings. The number of ether oxygens (including phenoxy) is 3. The number of hydrogen-bond acceptors (Lipinski definition) is 6. The predicted molar refractivity (Wildman–Crippen MR) is 127 cm³/mol. The fourth-order valence-electron chi connectivity index (χ4n) is 2.88. The van der Waals surface area contributed by atoms with Crippen molar-refractivity contribution in [3.63, 3.8) is 0 Å². The summed E-state index contributed by atoms with van der Waals surface area (Å²) in [6, 6.07) is 14.1. The summed E-state index contributed by atoms with van der Waals surface area (Å²) >= 11 is 0. The lowest BCUT2D eigenvalue weighted by molar-refractivity contribution is -0.139. The van der Waals surface area contributed by atoms with Gasteiger partial charge in [-0.3, -0.25) is 4.79 Å². The Labute approximate surface area is 194 Å². The molecular weight excluding hydrogens is 420 g/mol. The lowest BCUT2D eigenvalue weighted by Gasteiger charge is -2.08. The molecule has 0 radical (unpaired) electrons. The van der Waals surface area contributed by atoms with E-state index < -0.39 is 5.97 Å². The van der Waals surface area contributed by atoms with Crippen LogP contribution in [0, 0.1) is 0 Å². The smallest absolute Gasteiger partial charge is 0.333 e. The Hall–Kier alpha value is -3.67. The zero-order valence-electron chi connectivity index (χ0n) is 19.2. The summed E-state index contributed by atoms with van der Waals surface area (Å²) < 4.78 is 15.4. The van der Waals surface area contributed by atoms with Crippen molar-refractivity contribution in [1.82, 2.24) is 0 Å². The van der Waals surface area contributed by atoms with Crippen molar-refractivity contribution in [2.75, 3.05) is 20.3 Å². The van der Waals surface area contributed by atoms with Crippen LogP contribution in [0.2, 0.25) is 0 Å². The van der Waals surface area contributed by atoms with Gasteiger partial charge in [0, 0.05) is 22.8 Å². The molecule has 0 bridgehead atoms. The molecule has 0 aliphatic rings. The Balaban J connectivity index is 1.72. The maximum absolute atomic E-state index is 12.7. The summed E-state index contributed by atoms with van der Waals surface area (Å²) in [5.41, 5.74) is 2.35. The second-order valence-electron chi connectivity index (χ2n) is 7.51. The average molecular weight is 451 g/mol. The van der Waals surface area contributed by atoms with Gasteiger partial charge in [0.1, 0.15) is 5.75 Å². The van der Waals surface area contributed by atoms with Crippen molar-refractivity contribution < 1.29 is 28.6 Å². The highest BCUT2D eigenvalue weighted by atomic mass is 16.5. The van der Waals surface area contributed by atoms with Gasteiger partial charge >= 0.3 is 11.9 Å². The highest BCUT2D eigenvalue weighted by molar-refractivity contribution is 6.09. The summed E-state index contributed by atoms with van der Waals surface area (Å²) in [5, 5.41) is 0. The summed E-state index contributed by atoms with van der Waals surface area (Å²) in [6.45, 7) is 6.17. The van der Waals surface area contributed by atoms with E-state index in [-0.39, 0.29) is 11.8 Å². The fraction of sp³-hybridized carbons (Fsp3) is 0.296. The van der Waals surface area contributed by atoms with Gasteiger partial charge in [-0.2, -0.15) is 0 Å². The molecule has 0 heterocycles. The lowest BCUT2D eigenvalue weighted by Crippen LogP contribution is -2.06. The molecule has 0 aliphatic carbocycles. The van der Waals surface area contributed by atoms with Crippen LogP contribution in [0.3, 0.4) is 0 Å². The van der Waals surface area contributed by atoms with Crippen LogP contribution < -0.4 is 4.74 Å². The zero-order chi connectivity index (χ0) is 24.1. The number of rotatable bonds is 13. The molecule has 33 heavy (non-hydrogen) atoms. The number of ketones is 1. The van der Waals surface area contributed by atoms with E-state index in [9.17, 15) is 14.4 Å². The Morgan fingerprint density at radius 3 is 2.00 bits per heavy atom. The van der Waals surface area contributed by atoms with Crippen LogP contribution in [-0.2, 0) is 19.1 Å². The molecule has 2 aromatic rings. The van der Waals surface area contributed by atoms with E-state index in [1.165, 1.54) is 13.2 Å². The Bertz CT molecular complexity index is 971. The van der Waals surface area contributed by atoms with Gasteiger partial charge < -0.3 is 14.2 Å². The first-order chi connectivity index (χ1) is 15.9. The molecule has 0 spiro atoms. The van der Waals surface area contributed by atoms with Crippen LogP contribution in [0.5, 0.6) is 5.75 Å². The molecule has 6 nitrogen and oxygen atoms in total. The fourth-order valence-corrected chi connectivity index (χ4v) is 2.88. The number of carbonyl (C=O) groups is 3. The largest absolute Gasteiger partial charge is 0.494 e. The maximum Gasteiger partial charge on any atom is 0.333 e. The van der Waals surface area contributed by atoms with E-state index in [1.807, 2.05) is 0 Å². The van der Waals surface area contributed by atoms with Crippen molar-refractivity contribution in [3.8, 4) is 5.75 Å². The summed E-state index contributed by atoms with van der Waals surface area (Å²) in [7, 11) is 1.32. The SMILES string of the molecule is C=C(C)C(=O)OCCCCCCOc1ccc(C(=O)c2ccc(/C=C/C(=O)OC)cc2)cc1. The van der Waals surface area contributed by atoms with E-state index in [2.05, 4.69) is 11.3 Å². The molecular formula is C27H30O6. The average Bonchev–Trinajstić information content (AvgIpc) is 2.84. The first-order valence-corrected chi connectivity index (χ1v) is 10.9. The van der Waals surface area contributed by atoms with Gasteiger partial charge in [0.2, 0.25) is 0 Å². The summed E-state index contributed by atoms with van der Waals surface area (Å²) in [6.07, 6.45) is 6.61. The molecule has 0 atom stereocenters. The molecule has 0 saturated heterocycles. The van der Waals surface area contributed by atoms with E-state index in [1.54, 1.807) is 61.5 Å². The number of methoxy groups -OCH3 is 1. The Morgan fingerprint density at radius 2 is 1.42 bits per heavy atom. The highest BCUT2D eigenvalue weighted by Gasteiger charge is 2.09. The Kier molecular flexibility index (Phi) is 10.6. The molecule has 2 rings (SSSR count). The first kappa shape index (κ1) is 25.6. The van der Waals surface area contributed by atoms with Gasteiger partial charge in [-0.05, 0) is 68.5 Å². The third-order valence-electron chi connectivity index (χ3n) is 4.79. The van der Waals surface area contributed by atoms with Crippen LogP contribution in [-0.4, -0.2) is 38.0 Å². The molecule has 0 N–H and O–H groups in total.